The van der Waals surface area contributed by atoms with Crippen molar-refractivity contribution in [2.75, 3.05) is 6.61 Å². The summed E-state index contributed by atoms with van der Waals surface area (Å²) in [4.78, 5) is 0. The molecular weight excluding hydrogens is 136 g/mol. The molecule has 0 amide bonds. The minimum Gasteiger partial charge on any atom is -2.00 e. The molecule has 1 radical (unpaired) electrons. The average Bonchev–Trinajstić information content (AvgIpc) is 1.41. The molecule has 0 aromatic rings. The smallest absolute Gasteiger partial charge is 2.00 e. The molecule has 0 saturated heterocycles. The van der Waals surface area contributed by atoms with Crippen LogP contribution in [0.5, 0.6) is 0 Å². The molecular formula is C4H9FeO2. The molecule has 0 saturated carbocycles. The maximum Gasteiger partial charge on any atom is 3.00 e. The van der Waals surface area contributed by atoms with E-state index in [-0.39, 0.29) is 29.2 Å². The topological polar surface area (TPSA) is 51.6 Å². The fourth-order valence-electron chi connectivity index (χ4n) is 0.144. The molecule has 7 heavy (non-hydrogen) atoms. The van der Waals surface area contributed by atoms with Gasteiger partial charge in [0.05, 0.1) is 0 Å². The molecule has 0 rings (SSSR count). The molecule has 0 aromatic heterocycles. The van der Waals surface area contributed by atoms with E-state index in [0.29, 0.717) is 0 Å². The minimum absolute atomic E-state index is 0. The van der Waals surface area contributed by atoms with Gasteiger partial charge in [-0.3, -0.25) is 0 Å². The SMILES string of the molecule is CCCC[O-].[Fe+3].[O-2]. The van der Waals surface area contributed by atoms with Gasteiger partial charge >= 0.3 is 17.1 Å². The van der Waals surface area contributed by atoms with E-state index in [1.165, 1.54) is 0 Å². The van der Waals surface area contributed by atoms with E-state index in [4.69, 9.17) is 0 Å². The Morgan fingerprint density at radius 1 is 1.43 bits per heavy atom. The fourth-order valence-corrected chi connectivity index (χ4v) is 0.144. The van der Waals surface area contributed by atoms with Crippen LogP contribution < -0.4 is 5.11 Å². The molecule has 45 valence electrons. The Morgan fingerprint density at radius 3 is 1.86 bits per heavy atom. The molecule has 0 spiro atoms. The third-order valence-electron chi connectivity index (χ3n) is 0.498. The quantitative estimate of drug-likeness (QED) is 0.505. The Bertz CT molecular complexity index is 17.2. The van der Waals surface area contributed by atoms with Crippen LogP contribution in [-0.4, -0.2) is 6.61 Å². The van der Waals surface area contributed by atoms with Crippen molar-refractivity contribution in [1.29, 1.82) is 0 Å². The van der Waals surface area contributed by atoms with Crippen molar-refractivity contribution in [3.05, 3.63) is 0 Å². The first kappa shape index (κ1) is 15.7. The third kappa shape index (κ3) is 21.3. The minimum atomic E-state index is 0. The van der Waals surface area contributed by atoms with Gasteiger partial charge in [-0.05, 0) is 0 Å². The molecule has 0 atom stereocenters. The Balaban J connectivity index is -0.0000000800. The van der Waals surface area contributed by atoms with E-state index in [2.05, 4.69) is 0 Å². The molecule has 0 unspecified atom stereocenters. The van der Waals surface area contributed by atoms with Gasteiger partial charge in [-0.25, -0.2) is 0 Å². The van der Waals surface area contributed by atoms with E-state index in [9.17, 15) is 5.11 Å². The van der Waals surface area contributed by atoms with Crippen LogP contribution >= 0.6 is 0 Å². The van der Waals surface area contributed by atoms with Crippen LogP contribution in [0, 0.1) is 0 Å². The molecule has 2 nitrogen and oxygen atoms in total. The number of unbranched alkanes of at least 4 members (excludes halogenated alkanes) is 1. The van der Waals surface area contributed by atoms with Crippen LogP contribution in [-0.2, 0) is 22.5 Å². The summed E-state index contributed by atoms with van der Waals surface area (Å²) in [5.41, 5.74) is 0. The zero-order chi connectivity index (χ0) is 4.12. The Labute approximate surface area is 54.7 Å². The van der Waals surface area contributed by atoms with Crippen LogP contribution in [0.2, 0.25) is 0 Å². The first-order chi connectivity index (χ1) is 2.41. The number of rotatable bonds is 2. The van der Waals surface area contributed by atoms with Crippen molar-refractivity contribution >= 4 is 0 Å². The number of hydrogen-bond donors (Lipinski definition) is 0. The molecule has 0 aliphatic heterocycles. The Morgan fingerprint density at radius 2 is 1.86 bits per heavy atom. The van der Waals surface area contributed by atoms with Crippen molar-refractivity contribution in [3.8, 4) is 0 Å². The normalized spacial score (nSPS) is 6.00. The van der Waals surface area contributed by atoms with Gasteiger partial charge < -0.3 is 10.6 Å². The molecule has 0 aliphatic carbocycles. The monoisotopic (exact) mass is 145 g/mol. The molecule has 0 N–H and O–H groups in total. The summed E-state index contributed by atoms with van der Waals surface area (Å²) in [6.45, 7) is 2.11. The van der Waals surface area contributed by atoms with Gasteiger partial charge in [0.15, 0.2) is 0 Å². The van der Waals surface area contributed by atoms with Gasteiger partial charge in [0.1, 0.15) is 0 Å². The van der Waals surface area contributed by atoms with Gasteiger partial charge in [0, 0.05) is 0 Å². The van der Waals surface area contributed by atoms with Gasteiger partial charge in [0.25, 0.3) is 0 Å². The zero-order valence-electron chi connectivity index (χ0n) is 4.29. The van der Waals surface area contributed by atoms with Crippen LogP contribution in [0.4, 0.5) is 0 Å². The summed E-state index contributed by atoms with van der Waals surface area (Å²) in [7, 11) is 0. The predicted molar refractivity (Wildman–Crippen MR) is 20.5 cm³/mol. The average molecular weight is 145 g/mol. The summed E-state index contributed by atoms with van der Waals surface area (Å²) in [6.07, 6.45) is 1.86. The summed E-state index contributed by atoms with van der Waals surface area (Å²) < 4.78 is 0. The Kier molecular flexibility index (Phi) is 36.0. The maximum absolute atomic E-state index is 9.53. The van der Waals surface area contributed by atoms with Gasteiger partial charge in [-0.1, -0.05) is 19.8 Å². The van der Waals surface area contributed by atoms with E-state index in [1.807, 2.05) is 6.92 Å². The standard InChI is InChI=1S/C4H9O.Fe.O/c1-2-3-4-5;;/h2-4H2,1H3;;/q-1;+3;-2. The van der Waals surface area contributed by atoms with Crippen molar-refractivity contribution in [1.82, 2.24) is 0 Å². The third-order valence-corrected chi connectivity index (χ3v) is 0.498. The molecule has 0 aromatic carbocycles. The second-order valence-electron chi connectivity index (χ2n) is 1.06. The summed E-state index contributed by atoms with van der Waals surface area (Å²) in [5.74, 6) is 0. The van der Waals surface area contributed by atoms with Gasteiger partial charge in [0.2, 0.25) is 0 Å². The summed E-state index contributed by atoms with van der Waals surface area (Å²) >= 11 is 0. The van der Waals surface area contributed by atoms with Crippen molar-refractivity contribution in [2.45, 2.75) is 19.8 Å². The van der Waals surface area contributed by atoms with Gasteiger partial charge in [-0.2, -0.15) is 0 Å². The Hall–Kier alpha value is 0.439. The second kappa shape index (κ2) is 16.1. The summed E-state index contributed by atoms with van der Waals surface area (Å²) in [5, 5.41) is 9.53. The van der Waals surface area contributed by atoms with Crippen molar-refractivity contribution in [2.24, 2.45) is 0 Å². The first-order valence-electron chi connectivity index (χ1n) is 2.00. The van der Waals surface area contributed by atoms with E-state index in [0.717, 1.165) is 12.8 Å². The van der Waals surface area contributed by atoms with Crippen LogP contribution in [0.25, 0.3) is 0 Å². The van der Waals surface area contributed by atoms with E-state index >= 15 is 0 Å². The zero-order valence-corrected chi connectivity index (χ0v) is 5.40. The van der Waals surface area contributed by atoms with Crippen molar-refractivity contribution < 1.29 is 27.7 Å². The first-order valence-corrected chi connectivity index (χ1v) is 2.00. The van der Waals surface area contributed by atoms with Crippen LogP contribution in [0.3, 0.4) is 0 Å². The van der Waals surface area contributed by atoms with Crippen molar-refractivity contribution in [3.63, 3.8) is 0 Å². The molecule has 0 heterocycles. The van der Waals surface area contributed by atoms with E-state index < -0.39 is 0 Å². The largest absolute Gasteiger partial charge is 3.00 e. The van der Waals surface area contributed by atoms with E-state index in [1.54, 1.807) is 0 Å². The maximum atomic E-state index is 9.53. The summed E-state index contributed by atoms with van der Waals surface area (Å²) in [6, 6.07) is 0. The molecule has 0 bridgehead atoms. The van der Waals surface area contributed by atoms with Crippen LogP contribution in [0.1, 0.15) is 19.8 Å². The molecule has 0 fully saturated rings. The molecule has 3 heteroatoms. The fraction of sp³-hybridized carbons (Fsp3) is 1.00. The second-order valence-corrected chi connectivity index (χ2v) is 1.06. The number of hydrogen-bond acceptors (Lipinski definition) is 1. The molecule has 0 aliphatic rings. The predicted octanol–water partition coefficient (Wildman–Crippen LogP) is 0.0255. The van der Waals surface area contributed by atoms with Crippen LogP contribution in [0.15, 0.2) is 0 Å². The van der Waals surface area contributed by atoms with Gasteiger partial charge in [-0.15, -0.1) is 6.61 Å².